The number of hydrogen-bond acceptors (Lipinski definition) is 17. The zero-order valence-corrected chi connectivity index (χ0v) is 35.5. The SMILES string of the molecule is Cc1cccc(C(=O)NCCCCN(CC(=O)NCCSC[C@H]2C(CC(=O)/C(=N\OC(C)(C)C(=O)O)c3cnc(N)s3)C(=O)N2S(=O)(=O)O)C(=O)c2cccc(O)c2O)c1O. The molecule has 24 heteroatoms. The number of thiazole rings is 1. The topological polar surface area (TPSA) is 329 Å². The number of unbranched alkanes of at least 4 members (excludes halogenated alkanes) is 1. The number of aliphatic carboxylic acids is 1. The Hall–Kier alpha value is -5.98. The van der Waals surface area contributed by atoms with Gasteiger partial charge < -0.3 is 46.5 Å². The third-order valence-corrected chi connectivity index (χ3v) is 12.1. The summed E-state index contributed by atoms with van der Waals surface area (Å²) in [5.41, 5.74) is 3.79. The Kier molecular flexibility index (Phi) is 16.0. The molecule has 0 aliphatic carbocycles. The largest absolute Gasteiger partial charge is 0.507 e. The molecule has 2 heterocycles. The fourth-order valence-electron chi connectivity index (χ4n) is 5.78. The number of carbonyl (C=O) groups is 6. The summed E-state index contributed by atoms with van der Waals surface area (Å²) < 4.78 is 34.2. The molecule has 330 valence electrons. The van der Waals surface area contributed by atoms with Crippen LogP contribution in [-0.2, 0) is 34.3 Å². The van der Waals surface area contributed by atoms with Gasteiger partial charge in [0.15, 0.2) is 28.1 Å². The van der Waals surface area contributed by atoms with E-state index in [1.54, 1.807) is 19.1 Å². The van der Waals surface area contributed by atoms with Crippen molar-refractivity contribution in [3.8, 4) is 17.2 Å². The zero-order chi connectivity index (χ0) is 45.2. The lowest BCUT2D eigenvalue weighted by molar-refractivity contribution is -0.161. The van der Waals surface area contributed by atoms with Gasteiger partial charge in [0.25, 0.3) is 11.8 Å². The maximum Gasteiger partial charge on any atom is 0.362 e. The second-order valence-electron chi connectivity index (χ2n) is 14.1. The van der Waals surface area contributed by atoms with Crippen LogP contribution in [0, 0.1) is 12.8 Å². The Balaban J connectivity index is 1.35. The minimum atomic E-state index is -5.04. The molecule has 1 aromatic heterocycles. The van der Waals surface area contributed by atoms with Crippen LogP contribution in [0.4, 0.5) is 5.13 Å². The molecule has 2 atom stereocenters. The zero-order valence-electron chi connectivity index (χ0n) is 33.1. The van der Waals surface area contributed by atoms with Crippen LogP contribution in [0.25, 0.3) is 0 Å². The monoisotopic (exact) mass is 907 g/mol. The van der Waals surface area contributed by atoms with Crippen LogP contribution >= 0.6 is 23.1 Å². The van der Waals surface area contributed by atoms with E-state index in [2.05, 4.69) is 20.8 Å². The quantitative estimate of drug-likeness (QED) is 0.0177. The molecule has 0 bridgehead atoms. The molecule has 4 rings (SSSR count). The second kappa shape index (κ2) is 20.5. The van der Waals surface area contributed by atoms with Crippen LogP contribution in [0.2, 0.25) is 0 Å². The number of thioether (sulfide) groups is 1. The number of phenols is 3. The number of Topliss-reactive ketones (excluding diaryl/α,β-unsaturated/α-hetero) is 1. The number of carboxylic acid groups (broad SMARTS) is 1. The van der Waals surface area contributed by atoms with Gasteiger partial charge in [-0.05, 0) is 57.4 Å². The fourth-order valence-corrected chi connectivity index (χ4v) is 8.52. The number of phenolic OH excluding ortho intramolecular Hbond substituents is 3. The number of nitrogen functional groups attached to an aromatic ring is 1. The molecule has 4 amide bonds. The number of β-lactam (4-membered cyclic amide) rings is 1. The highest BCUT2D eigenvalue weighted by Gasteiger charge is 2.53. The summed E-state index contributed by atoms with van der Waals surface area (Å²) in [5, 5.41) is 49.0. The highest BCUT2D eigenvalue weighted by molar-refractivity contribution is 7.99. The first-order valence-electron chi connectivity index (χ1n) is 18.4. The van der Waals surface area contributed by atoms with Gasteiger partial charge in [0.05, 0.1) is 34.5 Å². The molecule has 0 spiro atoms. The van der Waals surface area contributed by atoms with Crippen LogP contribution in [0.15, 0.2) is 47.8 Å². The van der Waals surface area contributed by atoms with Crippen molar-refractivity contribution in [2.45, 2.75) is 51.7 Å². The molecule has 9 N–H and O–H groups in total. The van der Waals surface area contributed by atoms with Crippen molar-refractivity contribution in [3.63, 3.8) is 0 Å². The van der Waals surface area contributed by atoms with Gasteiger partial charge in [0.2, 0.25) is 17.4 Å². The number of para-hydroxylation sites is 2. The molecule has 1 aliphatic heterocycles. The molecule has 1 saturated heterocycles. The molecular weight excluding hydrogens is 863 g/mol. The number of rotatable bonds is 22. The number of oxime groups is 1. The summed E-state index contributed by atoms with van der Waals surface area (Å²) in [5.74, 6) is -7.79. The molecule has 1 unspecified atom stereocenters. The molecule has 3 aromatic rings. The van der Waals surface area contributed by atoms with E-state index in [0.29, 0.717) is 18.4 Å². The van der Waals surface area contributed by atoms with Crippen LogP contribution in [0.3, 0.4) is 0 Å². The number of nitrogens with one attached hydrogen (secondary N) is 2. The predicted octanol–water partition coefficient (Wildman–Crippen LogP) is 1.53. The Morgan fingerprint density at radius 3 is 2.38 bits per heavy atom. The van der Waals surface area contributed by atoms with Crippen LogP contribution in [0.1, 0.15) is 64.3 Å². The summed E-state index contributed by atoms with van der Waals surface area (Å²) in [7, 11) is -5.04. The molecule has 1 aliphatic rings. The number of carboxylic acids is 1. The van der Waals surface area contributed by atoms with Gasteiger partial charge in [0.1, 0.15) is 5.75 Å². The third-order valence-electron chi connectivity index (χ3n) is 9.20. The maximum absolute atomic E-state index is 13.5. The van der Waals surface area contributed by atoms with E-state index in [1.165, 1.54) is 44.3 Å². The van der Waals surface area contributed by atoms with Crippen LogP contribution in [0.5, 0.6) is 17.2 Å². The number of amides is 4. The van der Waals surface area contributed by atoms with Gasteiger partial charge in [-0.1, -0.05) is 34.7 Å². The minimum Gasteiger partial charge on any atom is -0.507 e. The highest BCUT2D eigenvalue weighted by atomic mass is 32.2. The lowest BCUT2D eigenvalue weighted by atomic mass is 9.86. The number of hydrogen-bond donors (Lipinski definition) is 8. The van der Waals surface area contributed by atoms with Gasteiger partial charge >= 0.3 is 16.3 Å². The number of carbonyl (C=O) groups excluding carboxylic acids is 5. The summed E-state index contributed by atoms with van der Waals surface area (Å²) in [6.45, 7) is 3.68. The number of aryl methyl sites for hydroxylation is 1. The van der Waals surface area contributed by atoms with Crippen molar-refractivity contribution in [1.82, 2.24) is 24.8 Å². The maximum atomic E-state index is 13.5. The van der Waals surface area contributed by atoms with Crippen molar-refractivity contribution in [3.05, 3.63) is 64.2 Å². The predicted molar refractivity (Wildman–Crippen MR) is 222 cm³/mol. The number of nitrogens with two attached hydrogens (primary N) is 1. The number of ketones is 1. The van der Waals surface area contributed by atoms with E-state index in [1.807, 2.05) is 0 Å². The van der Waals surface area contributed by atoms with E-state index in [9.17, 15) is 62.2 Å². The Bertz CT molecular complexity index is 2300. The fraction of sp³-hybridized carbons (Fsp3) is 0.405. The summed E-state index contributed by atoms with van der Waals surface area (Å²) >= 11 is 1.90. The number of nitrogens with zero attached hydrogens (tertiary/aromatic N) is 4. The molecule has 21 nitrogen and oxygen atoms in total. The standard InChI is InChI=1S/C37H45N7O14S3/c1-20-8-6-9-21(30(20)48)32(50)40-12-4-5-14-43(33(51)22-10-7-11-25(45)31(22)49)18-28(47)39-13-15-59-19-24-23(34(52)44(24)61(55,56)57)16-26(46)29(27-17-41-36(38)60-27)42-58-37(2,3)35(53)54/h6-11,17,23-24,45,48-49H,4-5,12-16,18-19H2,1-3H3,(H2,38,41)(H,39,47)(H,40,50)(H,53,54)(H,55,56,57)/b42-29+/t23?,24-/m0/s1. The van der Waals surface area contributed by atoms with Gasteiger partial charge in [-0.2, -0.15) is 20.2 Å². The third kappa shape index (κ3) is 12.3. The van der Waals surface area contributed by atoms with E-state index >= 15 is 0 Å². The van der Waals surface area contributed by atoms with Crippen molar-refractivity contribution >= 4 is 79.6 Å². The first-order chi connectivity index (χ1) is 28.6. The van der Waals surface area contributed by atoms with Crippen molar-refractivity contribution in [1.29, 1.82) is 0 Å². The van der Waals surface area contributed by atoms with E-state index in [0.717, 1.165) is 28.0 Å². The molecule has 0 saturated carbocycles. The average Bonchev–Trinajstić information content (AvgIpc) is 3.62. The molecule has 0 radical (unpaired) electrons. The van der Waals surface area contributed by atoms with Gasteiger partial charge in [-0.15, -0.1) is 0 Å². The van der Waals surface area contributed by atoms with E-state index in [4.69, 9.17) is 10.6 Å². The van der Waals surface area contributed by atoms with E-state index < -0.39 is 93.4 Å². The molecule has 61 heavy (non-hydrogen) atoms. The highest BCUT2D eigenvalue weighted by Crippen LogP contribution is 2.35. The number of anilines is 1. The summed E-state index contributed by atoms with van der Waals surface area (Å²) in [6, 6.07) is 7.34. The molecule has 1 fully saturated rings. The first-order valence-corrected chi connectivity index (χ1v) is 21.8. The number of benzene rings is 2. The van der Waals surface area contributed by atoms with Gasteiger partial charge in [0, 0.05) is 43.8 Å². The van der Waals surface area contributed by atoms with Crippen LogP contribution < -0.4 is 16.4 Å². The lowest BCUT2D eigenvalue weighted by Gasteiger charge is -2.43. The van der Waals surface area contributed by atoms with Crippen molar-refractivity contribution < 1.29 is 67.0 Å². The molecular formula is C37H45N7O14S3. The Morgan fingerprint density at radius 1 is 1.03 bits per heavy atom. The van der Waals surface area contributed by atoms with Gasteiger partial charge in [-0.3, -0.25) is 28.5 Å². The molecule has 2 aromatic carbocycles. The lowest BCUT2D eigenvalue weighted by Crippen LogP contribution is -2.64. The smallest absolute Gasteiger partial charge is 0.362 e. The Labute approximate surface area is 357 Å². The van der Waals surface area contributed by atoms with Crippen molar-refractivity contribution in [2.24, 2.45) is 11.1 Å². The van der Waals surface area contributed by atoms with Gasteiger partial charge in [-0.25, -0.2) is 14.1 Å². The van der Waals surface area contributed by atoms with Crippen molar-refractivity contribution in [2.75, 3.05) is 43.4 Å². The second-order valence-corrected chi connectivity index (χ2v) is 17.6. The Morgan fingerprint density at radius 2 is 1.72 bits per heavy atom. The number of aromatic hydroxyl groups is 3. The summed E-state index contributed by atoms with van der Waals surface area (Å²) in [6.07, 6.45) is 1.23. The van der Waals surface area contributed by atoms with Crippen LogP contribution in [-0.4, -0.2) is 138 Å². The summed E-state index contributed by atoms with van der Waals surface area (Å²) in [4.78, 5) is 87.2. The normalized spacial score (nSPS) is 15.4. The van der Waals surface area contributed by atoms with E-state index in [-0.39, 0.29) is 62.3 Å². The minimum absolute atomic E-state index is 0.00476. The number of aromatic nitrogens is 1. The average molecular weight is 908 g/mol. The first kappa shape index (κ1) is 47.7.